The second kappa shape index (κ2) is 9.24. The fourth-order valence-corrected chi connectivity index (χ4v) is 6.20. The molecular formula is C27H25O2S+. The topological polar surface area (TPSA) is 26.3 Å². The number of esters is 1. The Hall–Kier alpha value is -2.96. The van der Waals surface area contributed by atoms with E-state index in [9.17, 15) is 4.79 Å². The Bertz CT molecular complexity index is 1020. The maximum Gasteiger partial charge on any atom is 0.344 e. The molecule has 1 aliphatic rings. The van der Waals surface area contributed by atoms with Gasteiger partial charge in [-0.2, -0.15) is 0 Å². The third-order valence-corrected chi connectivity index (χ3v) is 7.62. The SMILES string of the molecule is CC#CC1(OC(=O)c2ccccc2[S+](c2ccccc2)c2ccccc2)CCCC1. The molecule has 0 aliphatic heterocycles. The Morgan fingerprint density at radius 3 is 1.93 bits per heavy atom. The maximum absolute atomic E-state index is 13.4. The lowest BCUT2D eigenvalue weighted by Gasteiger charge is -2.23. The van der Waals surface area contributed by atoms with Crippen molar-refractivity contribution >= 4 is 16.9 Å². The highest BCUT2D eigenvalue weighted by Gasteiger charge is 2.39. The lowest BCUT2D eigenvalue weighted by molar-refractivity contribution is 0.00992. The summed E-state index contributed by atoms with van der Waals surface area (Å²) in [7, 11) is -0.404. The summed E-state index contributed by atoms with van der Waals surface area (Å²) in [6.45, 7) is 1.81. The van der Waals surface area contributed by atoms with E-state index in [4.69, 9.17) is 4.74 Å². The Labute approximate surface area is 181 Å². The van der Waals surface area contributed by atoms with Crippen molar-refractivity contribution in [2.45, 2.75) is 52.9 Å². The summed E-state index contributed by atoms with van der Waals surface area (Å²) in [5, 5.41) is 0. The molecule has 3 aromatic rings. The Morgan fingerprint density at radius 1 is 0.833 bits per heavy atom. The molecule has 0 saturated heterocycles. The van der Waals surface area contributed by atoms with E-state index in [2.05, 4.69) is 36.1 Å². The molecule has 3 heteroatoms. The van der Waals surface area contributed by atoms with E-state index in [1.165, 1.54) is 9.79 Å². The number of carbonyl (C=O) groups excluding carboxylic acids is 1. The van der Waals surface area contributed by atoms with Crippen LogP contribution in [0.3, 0.4) is 0 Å². The molecule has 0 N–H and O–H groups in total. The van der Waals surface area contributed by atoms with Crippen LogP contribution in [0, 0.1) is 11.8 Å². The van der Waals surface area contributed by atoms with Crippen LogP contribution in [0.4, 0.5) is 0 Å². The minimum absolute atomic E-state index is 0.278. The highest BCUT2D eigenvalue weighted by atomic mass is 32.2. The van der Waals surface area contributed by atoms with Gasteiger partial charge in [-0.1, -0.05) is 54.5 Å². The zero-order valence-electron chi connectivity index (χ0n) is 17.1. The van der Waals surface area contributed by atoms with E-state index in [1.807, 2.05) is 67.6 Å². The van der Waals surface area contributed by atoms with Crippen LogP contribution < -0.4 is 0 Å². The lowest BCUT2D eigenvalue weighted by Crippen LogP contribution is -2.31. The monoisotopic (exact) mass is 413 g/mol. The average Bonchev–Trinajstić information content (AvgIpc) is 3.24. The van der Waals surface area contributed by atoms with Crippen LogP contribution in [0.25, 0.3) is 0 Å². The van der Waals surface area contributed by atoms with Gasteiger partial charge >= 0.3 is 5.97 Å². The van der Waals surface area contributed by atoms with E-state index in [-0.39, 0.29) is 5.97 Å². The summed E-state index contributed by atoms with van der Waals surface area (Å²) < 4.78 is 6.08. The van der Waals surface area contributed by atoms with E-state index < -0.39 is 16.5 Å². The van der Waals surface area contributed by atoms with E-state index in [1.54, 1.807) is 0 Å². The number of carbonyl (C=O) groups is 1. The third-order valence-electron chi connectivity index (χ3n) is 5.34. The Morgan fingerprint density at radius 2 is 1.37 bits per heavy atom. The molecule has 0 bridgehead atoms. The molecule has 0 spiro atoms. The molecule has 2 nitrogen and oxygen atoms in total. The van der Waals surface area contributed by atoms with Crippen molar-refractivity contribution in [3.63, 3.8) is 0 Å². The van der Waals surface area contributed by atoms with Crippen LogP contribution in [-0.2, 0) is 15.6 Å². The molecule has 0 heterocycles. The molecule has 30 heavy (non-hydrogen) atoms. The highest BCUT2D eigenvalue weighted by molar-refractivity contribution is 7.97. The van der Waals surface area contributed by atoms with Gasteiger partial charge in [0.25, 0.3) is 0 Å². The lowest BCUT2D eigenvalue weighted by atomic mass is 10.0. The summed E-state index contributed by atoms with van der Waals surface area (Å²) in [6, 6.07) is 28.5. The first-order valence-electron chi connectivity index (χ1n) is 10.3. The summed E-state index contributed by atoms with van der Waals surface area (Å²) >= 11 is 0. The average molecular weight is 414 g/mol. The zero-order chi connectivity index (χ0) is 20.8. The molecule has 0 radical (unpaired) electrons. The van der Waals surface area contributed by atoms with Gasteiger partial charge in [-0.3, -0.25) is 0 Å². The zero-order valence-corrected chi connectivity index (χ0v) is 18.0. The van der Waals surface area contributed by atoms with Crippen LogP contribution in [0.15, 0.2) is 99.6 Å². The number of benzene rings is 3. The standard InChI is InChI=1S/C27H25O2S/c1-2-19-27(20-11-12-21-27)29-26(28)24-17-9-10-18-25(24)30(22-13-5-3-6-14-22)23-15-7-4-8-16-23/h3-10,13-18H,11-12,20-21H2,1H3/q+1. The van der Waals surface area contributed by atoms with Crippen molar-refractivity contribution in [1.82, 2.24) is 0 Å². The van der Waals surface area contributed by atoms with Crippen molar-refractivity contribution in [3.8, 4) is 11.8 Å². The molecule has 1 aliphatic carbocycles. The van der Waals surface area contributed by atoms with Crippen LogP contribution in [0.2, 0.25) is 0 Å². The van der Waals surface area contributed by atoms with Gasteiger partial charge in [0, 0.05) is 0 Å². The predicted molar refractivity (Wildman–Crippen MR) is 122 cm³/mol. The van der Waals surface area contributed by atoms with Gasteiger partial charge in [-0.25, -0.2) is 4.79 Å². The van der Waals surface area contributed by atoms with Crippen molar-refractivity contribution in [2.24, 2.45) is 0 Å². The number of rotatable bonds is 5. The van der Waals surface area contributed by atoms with Gasteiger partial charge in [-0.05, 0) is 69.0 Å². The van der Waals surface area contributed by atoms with Gasteiger partial charge in [0.05, 0.1) is 0 Å². The van der Waals surface area contributed by atoms with Gasteiger partial charge in [0.2, 0.25) is 0 Å². The summed E-state index contributed by atoms with van der Waals surface area (Å²) in [6.07, 6.45) is 3.71. The molecule has 1 saturated carbocycles. The summed E-state index contributed by atoms with van der Waals surface area (Å²) in [4.78, 5) is 16.7. The number of hydrogen-bond acceptors (Lipinski definition) is 2. The first kappa shape index (κ1) is 20.3. The van der Waals surface area contributed by atoms with E-state index in [0.717, 1.165) is 30.6 Å². The van der Waals surface area contributed by atoms with Crippen LogP contribution in [0.5, 0.6) is 0 Å². The molecule has 1 fully saturated rings. The van der Waals surface area contributed by atoms with Crippen molar-refractivity contribution in [1.29, 1.82) is 0 Å². The Balaban J connectivity index is 1.77. The molecule has 0 amide bonds. The molecular weight excluding hydrogens is 388 g/mol. The van der Waals surface area contributed by atoms with Gasteiger partial charge in [0.15, 0.2) is 20.3 Å². The Kier molecular flexibility index (Phi) is 6.26. The van der Waals surface area contributed by atoms with Crippen LogP contribution in [-0.4, -0.2) is 11.6 Å². The highest BCUT2D eigenvalue weighted by Crippen LogP contribution is 2.36. The predicted octanol–water partition coefficient (Wildman–Crippen LogP) is 6.27. The number of hydrogen-bond donors (Lipinski definition) is 0. The normalized spacial score (nSPS) is 14.7. The van der Waals surface area contributed by atoms with Gasteiger partial charge in [-0.15, -0.1) is 5.92 Å². The van der Waals surface area contributed by atoms with Gasteiger partial charge in [0.1, 0.15) is 16.5 Å². The smallest absolute Gasteiger partial charge is 0.344 e. The second-order valence-corrected chi connectivity index (χ2v) is 9.39. The fourth-order valence-electron chi connectivity index (χ4n) is 3.98. The quantitative estimate of drug-likeness (QED) is 0.280. The molecule has 4 rings (SSSR count). The van der Waals surface area contributed by atoms with Crippen molar-refractivity contribution in [3.05, 3.63) is 90.5 Å². The van der Waals surface area contributed by atoms with Crippen LogP contribution >= 0.6 is 0 Å². The minimum atomic E-state index is -0.642. The van der Waals surface area contributed by atoms with Crippen molar-refractivity contribution in [2.75, 3.05) is 0 Å². The van der Waals surface area contributed by atoms with Gasteiger partial charge < -0.3 is 4.74 Å². The van der Waals surface area contributed by atoms with E-state index in [0.29, 0.717) is 5.56 Å². The fraction of sp³-hybridized carbons (Fsp3) is 0.222. The largest absolute Gasteiger partial charge is 0.442 e. The summed E-state index contributed by atoms with van der Waals surface area (Å²) in [5.74, 6) is 5.87. The third kappa shape index (κ3) is 4.30. The summed E-state index contributed by atoms with van der Waals surface area (Å²) in [5.41, 5.74) is -0.0189. The molecule has 0 unspecified atom stereocenters. The molecule has 150 valence electrons. The maximum atomic E-state index is 13.4. The first-order valence-corrected chi connectivity index (χ1v) is 11.6. The molecule has 3 aromatic carbocycles. The van der Waals surface area contributed by atoms with E-state index >= 15 is 0 Å². The number of ether oxygens (including phenoxy) is 1. The molecule has 0 atom stereocenters. The van der Waals surface area contributed by atoms with Crippen molar-refractivity contribution < 1.29 is 9.53 Å². The minimum Gasteiger partial charge on any atom is -0.442 e. The van der Waals surface area contributed by atoms with Crippen LogP contribution in [0.1, 0.15) is 43.0 Å². The second-order valence-electron chi connectivity index (χ2n) is 7.39. The molecule has 0 aromatic heterocycles. The first-order chi connectivity index (χ1) is 14.7.